The second-order valence-corrected chi connectivity index (χ2v) is 7.00. The molecule has 0 aliphatic carbocycles. The van der Waals surface area contributed by atoms with E-state index >= 15 is 0 Å². The first-order valence-corrected chi connectivity index (χ1v) is 7.63. The average Bonchev–Trinajstić information content (AvgIpc) is 2.71. The van der Waals surface area contributed by atoms with Crippen LogP contribution in [-0.4, -0.2) is 20.2 Å². The van der Waals surface area contributed by atoms with Gasteiger partial charge in [-0.15, -0.1) is 11.3 Å². The summed E-state index contributed by atoms with van der Waals surface area (Å²) in [6, 6.07) is 1.87. The van der Waals surface area contributed by atoms with Gasteiger partial charge in [-0.25, -0.2) is 13.1 Å². The van der Waals surface area contributed by atoms with Crippen LogP contribution < -0.4 is 10.5 Å². The van der Waals surface area contributed by atoms with Crippen LogP contribution in [0.25, 0.3) is 0 Å². The summed E-state index contributed by atoms with van der Waals surface area (Å²) in [6.07, 6.45) is 0. The first-order valence-electron chi connectivity index (χ1n) is 5.21. The van der Waals surface area contributed by atoms with Gasteiger partial charge < -0.3 is 5.73 Å². The standard InChI is InChI=1S/C11H16N2O2S2/c1-9(2)17(14,15)13-8-11-10(4-3-6-12)5-7-16-11/h5,7,9,13H,6,8,12H2,1-2H3. The maximum absolute atomic E-state index is 11.6. The lowest BCUT2D eigenvalue weighted by molar-refractivity contribution is 0.572. The maximum Gasteiger partial charge on any atom is 0.214 e. The van der Waals surface area contributed by atoms with Crippen LogP contribution in [0.15, 0.2) is 11.4 Å². The average molecular weight is 272 g/mol. The van der Waals surface area contributed by atoms with Crippen LogP contribution in [0.5, 0.6) is 0 Å². The fraction of sp³-hybridized carbons (Fsp3) is 0.455. The number of nitrogens with two attached hydrogens (primary N) is 1. The highest BCUT2D eigenvalue weighted by Gasteiger charge is 2.15. The van der Waals surface area contributed by atoms with Gasteiger partial charge in [0, 0.05) is 17.0 Å². The lowest BCUT2D eigenvalue weighted by Gasteiger charge is -2.08. The number of hydrogen-bond donors (Lipinski definition) is 2. The Bertz CT molecular complexity index is 521. The summed E-state index contributed by atoms with van der Waals surface area (Å²) in [6.45, 7) is 3.87. The largest absolute Gasteiger partial charge is 0.320 e. The quantitative estimate of drug-likeness (QED) is 0.799. The highest BCUT2D eigenvalue weighted by molar-refractivity contribution is 7.90. The van der Waals surface area contributed by atoms with Crippen LogP contribution in [0.3, 0.4) is 0 Å². The molecule has 6 heteroatoms. The van der Waals surface area contributed by atoms with Crippen molar-refractivity contribution in [1.29, 1.82) is 0 Å². The van der Waals surface area contributed by atoms with Gasteiger partial charge in [0.25, 0.3) is 0 Å². The summed E-state index contributed by atoms with van der Waals surface area (Å²) in [4.78, 5) is 0.912. The van der Waals surface area contributed by atoms with E-state index in [9.17, 15) is 8.42 Å². The molecule has 0 radical (unpaired) electrons. The normalized spacial score (nSPS) is 11.3. The highest BCUT2D eigenvalue weighted by Crippen LogP contribution is 2.16. The van der Waals surface area contributed by atoms with Crippen LogP contribution in [0.1, 0.15) is 24.3 Å². The summed E-state index contributed by atoms with van der Waals surface area (Å²) < 4.78 is 25.7. The number of thiophene rings is 1. The molecule has 0 spiro atoms. The van der Waals surface area contributed by atoms with E-state index < -0.39 is 15.3 Å². The van der Waals surface area contributed by atoms with E-state index in [1.54, 1.807) is 13.8 Å². The van der Waals surface area contributed by atoms with Gasteiger partial charge >= 0.3 is 0 Å². The van der Waals surface area contributed by atoms with E-state index in [1.807, 2.05) is 11.4 Å². The summed E-state index contributed by atoms with van der Waals surface area (Å²) in [5.41, 5.74) is 6.14. The Kier molecular flexibility index (Phi) is 5.15. The van der Waals surface area contributed by atoms with Gasteiger partial charge in [0.15, 0.2) is 0 Å². The second kappa shape index (κ2) is 6.17. The van der Waals surface area contributed by atoms with Gasteiger partial charge in [-0.1, -0.05) is 11.8 Å². The van der Waals surface area contributed by atoms with Crippen molar-refractivity contribution in [3.05, 3.63) is 21.9 Å². The van der Waals surface area contributed by atoms with Crippen molar-refractivity contribution in [2.75, 3.05) is 6.54 Å². The van der Waals surface area contributed by atoms with Gasteiger partial charge in [-0.2, -0.15) is 0 Å². The van der Waals surface area contributed by atoms with Crippen molar-refractivity contribution in [1.82, 2.24) is 4.72 Å². The molecule has 17 heavy (non-hydrogen) atoms. The molecule has 1 aromatic rings. The molecule has 0 saturated heterocycles. The molecule has 0 aromatic carbocycles. The molecule has 3 N–H and O–H groups in total. The minimum absolute atomic E-state index is 0.284. The van der Waals surface area contributed by atoms with E-state index in [0.717, 1.165) is 10.4 Å². The molecule has 1 rings (SSSR count). The van der Waals surface area contributed by atoms with Gasteiger partial charge in [-0.05, 0) is 25.3 Å². The third kappa shape index (κ3) is 4.13. The first kappa shape index (κ1) is 14.2. The molecule has 4 nitrogen and oxygen atoms in total. The highest BCUT2D eigenvalue weighted by atomic mass is 32.2. The zero-order valence-corrected chi connectivity index (χ0v) is 11.5. The van der Waals surface area contributed by atoms with Gasteiger partial charge in [0.2, 0.25) is 10.0 Å². The van der Waals surface area contributed by atoms with Crippen molar-refractivity contribution in [2.45, 2.75) is 25.6 Å². The van der Waals surface area contributed by atoms with E-state index in [-0.39, 0.29) is 6.54 Å². The monoisotopic (exact) mass is 272 g/mol. The molecule has 0 atom stereocenters. The SMILES string of the molecule is CC(C)S(=O)(=O)NCc1sccc1C#CCN. The first-order chi connectivity index (χ1) is 7.97. The lowest BCUT2D eigenvalue weighted by Crippen LogP contribution is -2.30. The molecular weight excluding hydrogens is 256 g/mol. The molecule has 0 aliphatic rings. The predicted molar refractivity (Wildman–Crippen MR) is 71.1 cm³/mol. The molecule has 0 unspecified atom stereocenters. The number of sulfonamides is 1. The summed E-state index contributed by atoms with van der Waals surface area (Å²) in [5, 5.41) is 1.46. The fourth-order valence-electron chi connectivity index (χ4n) is 1.07. The number of rotatable bonds is 4. The molecular formula is C11H16N2O2S2. The molecule has 0 fully saturated rings. The summed E-state index contributed by atoms with van der Waals surface area (Å²) in [5.74, 6) is 5.68. The van der Waals surface area contributed by atoms with Crippen LogP contribution in [0, 0.1) is 11.8 Å². The molecule has 1 aromatic heterocycles. The molecule has 0 amide bonds. The lowest BCUT2D eigenvalue weighted by atomic mass is 10.2. The van der Waals surface area contributed by atoms with Gasteiger partial charge in [0.05, 0.1) is 11.8 Å². The van der Waals surface area contributed by atoms with Gasteiger partial charge in [-0.3, -0.25) is 0 Å². The van der Waals surface area contributed by atoms with Crippen molar-refractivity contribution >= 4 is 21.4 Å². The second-order valence-electron chi connectivity index (χ2n) is 3.68. The van der Waals surface area contributed by atoms with Crippen LogP contribution in [0.2, 0.25) is 0 Å². The smallest absolute Gasteiger partial charge is 0.214 e. The Balaban J connectivity index is 2.74. The van der Waals surface area contributed by atoms with Gasteiger partial charge in [0.1, 0.15) is 0 Å². The third-order valence-corrected chi connectivity index (χ3v) is 4.83. The van der Waals surface area contributed by atoms with E-state index in [4.69, 9.17) is 5.73 Å². The Labute approximate surface area is 106 Å². The zero-order valence-electron chi connectivity index (χ0n) is 9.86. The van der Waals surface area contributed by atoms with Crippen LogP contribution in [0.4, 0.5) is 0 Å². The number of hydrogen-bond acceptors (Lipinski definition) is 4. The Morgan fingerprint density at radius 1 is 1.53 bits per heavy atom. The molecule has 0 bridgehead atoms. The fourth-order valence-corrected chi connectivity index (χ4v) is 2.61. The summed E-state index contributed by atoms with van der Waals surface area (Å²) in [7, 11) is -3.23. The van der Waals surface area contributed by atoms with Crippen LogP contribution >= 0.6 is 11.3 Å². The Hall–Kier alpha value is -0.870. The summed E-state index contributed by atoms with van der Waals surface area (Å²) >= 11 is 1.48. The minimum atomic E-state index is -3.23. The Morgan fingerprint density at radius 3 is 2.82 bits per heavy atom. The van der Waals surface area contributed by atoms with Crippen molar-refractivity contribution < 1.29 is 8.42 Å². The predicted octanol–water partition coefficient (Wildman–Crippen LogP) is 0.886. The van der Waals surface area contributed by atoms with E-state index in [0.29, 0.717) is 6.54 Å². The third-order valence-electron chi connectivity index (χ3n) is 2.13. The van der Waals surface area contributed by atoms with Crippen molar-refractivity contribution in [3.63, 3.8) is 0 Å². The molecule has 94 valence electrons. The van der Waals surface area contributed by atoms with Crippen molar-refractivity contribution in [2.24, 2.45) is 5.73 Å². The molecule has 0 saturated carbocycles. The Morgan fingerprint density at radius 2 is 2.24 bits per heavy atom. The zero-order chi connectivity index (χ0) is 12.9. The molecule has 1 heterocycles. The van der Waals surface area contributed by atoms with E-state index in [2.05, 4.69) is 16.6 Å². The topological polar surface area (TPSA) is 72.2 Å². The van der Waals surface area contributed by atoms with Crippen molar-refractivity contribution in [3.8, 4) is 11.8 Å². The number of nitrogens with one attached hydrogen (secondary N) is 1. The van der Waals surface area contributed by atoms with Crippen LogP contribution in [-0.2, 0) is 16.6 Å². The molecule has 0 aliphatic heterocycles. The minimum Gasteiger partial charge on any atom is -0.320 e. The van der Waals surface area contributed by atoms with E-state index in [1.165, 1.54) is 11.3 Å². The maximum atomic E-state index is 11.6.